The minimum Gasteiger partial charge on any atom is -0.381 e. The van der Waals surface area contributed by atoms with E-state index >= 15 is 0 Å². The van der Waals surface area contributed by atoms with Gasteiger partial charge in [0.1, 0.15) is 0 Å². The lowest BCUT2D eigenvalue weighted by atomic mass is 9.96. The molecule has 2 nitrogen and oxygen atoms in total. The average molecular weight is 232 g/mol. The van der Waals surface area contributed by atoms with Crippen molar-refractivity contribution < 1.29 is 4.74 Å². The van der Waals surface area contributed by atoms with Crippen LogP contribution in [0, 0.1) is 5.92 Å². The van der Waals surface area contributed by atoms with Crippen LogP contribution < -0.4 is 0 Å². The summed E-state index contributed by atoms with van der Waals surface area (Å²) >= 11 is 6.03. The molecule has 15 heavy (non-hydrogen) atoms. The van der Waals surface area contributed by atoms with E-state index in [9.17, 15) is 0 Å². The second-order valence-electron chi connectivity index (χ2n) is 4.85. The van der Waals surface area contributed by atoms with Crippen LogP contribution in [0.1, 0.15) is 32.1 Å². The summed E-state index contributed by atoms with van der Waals surface area (Å²) in [5.41, 5.74) is 0. The number of hydrogen-bond donors (Lipinski definition) is 0. The van der Waals surface area contributed by atoms with E-state index in [1.165, 1.54) is 45.2 Å². The largest absolute Gasteiger partial charge is 0.381 e. The number of ether oxygens (including phenoxy) is 1. The molecule has 3 heteroatoms. The van der Waals surface area contributed by atoms with Gasteiger partial charge in [-0.2, -0.15) is 0 Å². The Morgan fingerprint density at radius 1 is 1.13 bits per heavy atom. The van der Waals surface area contributed by atoms with Crippen LogP contribution in [-0.2, 0) is 4.74 Å². The van der Waals surface area contributed by atoms with Gasteiger partial charge in [0.2, 0.25) is 0 Å². The van der Waals surface area contributed by atoms with Crippen molar-refractivity contribution in [1.29, 1.82) is 0 Å². The molecule has 0 amide bonds. The summed E-state index contributed by atoms with van der Waals surface area (Å²) in [6.07, 6.45) is 6.50. The molecular weight excluding hydrogens is 210 g/mol. The van der Waals surface area contributed by atoms with E-state index < -0.39 is 0 Å². The molecule has 1 unspecified atom stereocenters. The first kappa shape index (κ1) is 11.7. The summed E-state index contributed by atoms with van der Waals surface area (Å²) in [5, 5.41) is 0. The standard InChI is InChI=1S/C12H22ClNO/c13-9-12-3-1-2-6-14(12)10-11-4-7-15-8-5-11/h11-12H,1-10H2. The molecule has 0 aromatic heterocycles. The molecule has 0 spiro atoms. The van der Waals surface area contributed by atoms with Crippen molar-refractivity contribution in [2.24, 2.45) is 5.92 Å². The normalized spacial score (nSPS) is 30.6. The van der Waals surface area contributed by atoms with Crippen LogP contribution in [0.4, 0.5) is 0 Å². The van der Waals surface area contributed by atoms with Crippen molar-refractivity contribution in [3.05, 3.63) is 0 Å². The minimum absolute atomic E-state index is 0.642. The molecule has 0 aliphatic carbocycles. The molecule has 0 aromatic carbocycles. The average Bonchev–Trinajstić information content (AvgIpc) is 2.31. The van der Waals surface area contributed by atoms with E-state index in [2.05, 4.69) is 4.90 Å². The van der Waals surface area contributed by atoms with E-state index in [4.69, 9.17) is 16.3 Å². The first-order valence-electron chi connectivity index (χ1n) is 6.28. The zero-order valence-electron chi connectivity index (χ0n) is 9.46. The maximum Gasteiger partial charge on any atom is 0.0469 e. The van der Waals surface area contributed by atoms with Crippen molar-refractivity contribution in [3.63, 3.8) is 0 Å². The lowest BCUT2D eigenvalue weighted by Gasteiger charge is -2.37. The second kappa shape index (κ2) is 6.07. The lowest BCUT2D eigenvalue weighted by Crippen LogP contribution is -2.44. The summed E-state index contributed by atoms with van der Waals surface area (Å²) < 4.78 is 5.40. The van der Waals surface area contributed by atoms with E-state index in [0.29, 0.717) is 6.04 Å². The van der Waals surface area contributed by atoms with Gasteiger partial charge >= 0.3 is 0 Å². The fraction of sp³-hybridized carbons (Fsp3) is 1.00. The Hall–Kier alpha value is 0.210. The number of nitrogens with zero attached hydrogens (tertiary/aromatic N) is 1. The number of halogens is 1. The van der Waals surface area contributed by atoms with Gasteiger partial charge in [0.25, 0.3) is 0 Å². The molecule has 0 N–H and O–H groups in total. The number of likely N-dealkylation sites (tertiary alicyclic amines) is 1. The maximum atomic E-state index is 6.03. The predicted molar refractivity (Wildman–Crippen MR) is 63.5 cm³/mol. The van der Waals surface area contributed by atoms with E-state index in [0.717, 1.165) is 25.0 Å². The molecule has 1 atom stereocenters. The molecule has 2 aliphatic heterocycles. The van der Waals surface area contributed by atoms with Gasteiger partial charge < -0.3 is 4.74 Å². The molecule has 0 radical (unpaired) electrons. The van der Waals surface area contributed by atoms with Crippen LogP contribution in [0.5, 0.6) is 0 Å². The zero-order chi connectivity index (χ0) is 10.5. The first-order chi connectivity index (χ1) is 7.40. The van der Waals surface area contributed by atoms with Crippen LogP contribution in [0.25, 0.3) is 0 Å². The molecule has 0 saturated carbocycles. The van der Waals surface area contributed by atoms with Gasteiger partial charge in [0.15, 0.2) is 0 Å². The lowest BCUT2D eigenvalue weighted by molar-refractivity contribution is 0.0412. The summed E-state index contributed by atoms with van der Waals surface area (Å²) in [6, 6.07) is 0.642. The third kappa shape index (κ3) is 3.33. The summed E-state index contributed by atoms with van der Waals surface area (Å²) in [7, 11) is 0. The Labute approximate surface area is 97.9 Å². The van der Waals surface area contributed by atoms with Crippen LogP contribution in [0.2, 0.25) is 0 Å². The molecule has 2 fully saturated rings. The van der Waals surface area contributed by atoms with Gasteiger partial charge in [0, 0.05) is 31.7 Å². The third-order valence-electron chi connectivity index (χ3n) is 3.76. The van der Waals surface area contributed by atoms with Gasteiger partial charge in [-0.3, -0.25) is 4.90 Å². The van der Waals surface area contributed by atoms with E-state index in [-0.39, 0.29) is 0 Å². The second-order valence-corrected chi connectivity index (χ2v) is 5.16. The molecule has 0 aromatic rings. The molecule has 0 bridgehead atoms. The summed E-state index contributed by atoms with van der Waals surface area (Å²) in [5.74, 6) is 1.66. The predicted octanol–water partition coefficient (Wildman–Crippen LogP) is 2.51. The SMILES string of the molecule is ClCC1CCCCN1CC1CCOCC1. The van der Waals surface area contributed by atoms with Gasteiger partial charge in [0.05, 0.1) is 0 Å². The highest BCUT2D eigenvalue weighted by atomic mass is 35.5. The highest BCUT2D eigenvalue weighted by Gasteiger charge is 2.25. The van der Waals surface area contributed by atoms with Gasteiger partial charge in [-0.15, -0.1) is 11.6 Å². The van der Waals surface area contributed by atoms with Crippen LogP contribution in [0.3, 0.4) is 0 Å². The van der Waals surface area contributed by atoms with Crippen molar-refractivity contribution >= 4 is 11.6 Å². The smallest absolute Gasteiger partial charge is 0.0469 e. The Balaban J connectivity index is 1.79. The van der Waals surface area contributed by atoms with Gasteiger partial charge in [-0.05, 0) is 38.1 Å². The third-order valence-corrected chi connectivity index (χ3v) is 4.12. The minimum atomic E-state index is 0.642. The summed E-state index contributed by atoms with van der Waals surface area (Å²) in [6.45, 7) is 4.43. The number of hydrogen-bond acceptors (Lipinski definition) is 2. The van der Waals surface area contributed by atoms with Crippen molar-refractivity contribution in [2.75, 3.05) is 32.2 Å². The van der Waals surface area contributed by atoms with Crippen molar-refractivity contribution in [2.45, 2.75) is 38.1 Å². The first-order valence-corrected chi connectivity index (χ1v) is 6.81. The van der Waals surface area contributed by atoms with Crippen molar-refractivity contribution in [3.8, 4) is 0 Å². The van der Waals surface area contributed by atoms with Gasteiger partial charge in [-0.25, -0.2) is 0 Å². The Morgan fingerprint density at radius 3 is 2.67 bits per heavy atom. The Kier molecular flexibility index (Phi) is 4.73. The van der Waals surface area contributed by atoms with Gasteiger partial charge in [-0.1, -0.05) is 6.42 Å². The van der Waals surface area contributed by atoms with Crippen LogP contribution >= 0.6 is 11.6 Å². The summed E-state index contributed by atoms with van der Waals surface area (Å²) in [4.78, 5) is 2.62. The van der Waals surface area contributed by atoms with Crippen LogP contribution in [0.15, 0.2) is 0 Å². The topological polar surface area (TPSA) is 12.5 Å². The number of alkyl halides is 1. The highest BCUT2D eigenvalue weighted by Crippen LogP contribution is 2.23. The quantitative estimate of drug-likeness (QED) is 0.693. The van der Waals surface area contributed by atoms with E-state index in [1.807, 2.05) is 0 Å². The number of piperidine rings is 1. The fourth-order valence-electron chi connectivity index (χ4n) is 2.74. The maximum absolute atomic E-state index is 6.03. The highest BCUT2D eigenvalue weighted by molar-refractivity contribution is 6.18. The monoisotopic (exact) mass is 231 g/mol. The number of rotatable bonds is 3. The molecule has 2 aliphatic rings. The molecule has 2 rings (SSSR count). The Bertz CT molecular complexity index is 182. The molecule has 2 heterocycles. The fourth-order valence-corrected chi connectivity index (χ4v) is 3.09. The molecular formula is C12H22ClNO. The Morgan fingerprint density at radius 2 is 1.93 bits per heavy atom. The van der Waals surface area contributed by atoms with E-state index in [1.54, 1.807) is 0 Å². The van der Waals surface area contributed by atoms with Crippen LogP contribution in [-0.4, -0.2) is 43.1 Å². The van der Waals surface area contributed by atoms with Crippen molar-refractivity contribution in [1.82, 2.24) is 4.90 Å². The molecule has 2 saturated heterocycles. The zero-order valence-corrected chi connectivity index (χ0v) is 10.2. The molecule has 88 valence electrons.